The minimum atomic E-state index is 0.371. The molecule has 72 valence electrons. The second-order valence-electron chi connectivity index (χ2n) is 4.11. The van der Waals surface area contributed by atoms with E-state index in [1.54, 1.807) is 0 Å². The molecule has 1 aromatic heterocycles. The van der Waals surface area contributed by atoms with Gasteiger partial charge in [-0.05, 0) is 24.1 Å². The van der Waals surface area contributed by atoms with Crippen molar-refractivity contribution in [2.45, 2.75) is 18.4 Å². The number of rotatable bonds is 1. The molecule has 2 atom stereocenters. The highest BCUT2D eigenvalue weighted by Crippen LogP contribution is 2.39. The maximum atomic E-state index is 5.82. The third kappa shape index (κ3) is 1.06. The van der Waals surface area contributed by atoms with Crippen LogP contribution in [-0.2, 0) is 7.05 Å². The zero-order valence-corrected chi connectivity index (χ0v) is 8.14. The molecule has 0 bridgehead atoms. The molecule has 2 unspecified atom stereocenters. The summed E-state index contributed by atoms with van der Waals surface area (Å²) in [5.41, 5.74) is 9.42. The summed E-state index contributed by atoms with van der Waals surface area (Å²) in [6.45, 7) is 0. The van der Waals surface area contributed by atoms with Crippen LogP contribution in [0.4, 0.5) is 0 Å². The molecule has 1 aromatic carbocycles. The molecule has 0 spiro atoms. The fraction of sp³-hybridized carbons (Fsp3) is 0.364. The Hall–Kier alpha value is -1.35. The van der Waals surface area contributed by atoms with Gasteiger partial charge in [-0.2, -0.15) is 0 Å². The van der Waals surface area contributed by atoms with Crippen LogP contribution in [0.2, 0.25) is 0 Å². The minimum absolute atomic E-state index is 0.371. The standard InChI is InChI=1S/C11H13N3/c1-14-6-13-10-4-7(2-3-11(10)14)8-5-9(8)12/h2-4,6,8-9H,5,12H2,1H3. The first-order valence-corrected chi connectivity index (χ1v) is 4.92. The predicted molar refractivity (Wildman–Crippen MR) is 56.0 cm³/mol. The highest BCUT2D eigenvalue weighted by molar-refractivity contribution is 5.76. The molecule has 2 aromatic rings. The van der Waals surface area contributed by atoms with Gasteiger partial charge >= 0.3 is 0 Å². The molecule has 3 rings (SSSR count). The number of hydrogen-bond acceptors (Lipinski definition) is 2. The summed E-state index contributed by atoms with van der Waals surface area (Å²) in [6.07, 6.45) is 2.97. The van der Waals surface area contributed by atoms with Crippen LogP contribution in [-0.4, -0.2) is 15.6 Å². The molecule has 14 heavy (non-hydrogen) atoms. The summed E-state index contributed by atoms with van der Waals surface area (Å²) >= 11 is 0. The number of nitrogens with two attached hydrogens (primary N) is 1. The summed E-state index contributed by atoms with van der Waals surface area (Å²) in [7, 11) is 2.01. The zero-order valence-electron chi connectivity index (χ0n) is 8.14. The molecule has 0 radical (unpaired) electrons. The number of aromatic nitrogens is 2. The Kier molecular flexibility index (Phi) is 1.47. The minimum Gasteiger partial charge on any atom is -0.334 e. The summed E-state index contributed by atoms with van der Waals surface area (Å²) < 4.78 is 2.03. The van der Waals surface area contributed by atoms with Crippen molar-refractivity contribution in [1.82, 2.24) is 9.55 Å². The lowest BCUT2D eigenvalue weighted by atomic mass is 10.1. The second-order valence-corrected chi connectivity index (χ2v) is 4.11. The SMILES string of the molecule is Cn1cnc2cc(C3CC3N)ccc21. The van der Waals surface area contributed by atoms with Gasteiger partial charge < -0.3 is 10.3 Å². The van der Waals surface area contributed by atoms with Gasteiger partial charge in [0.15, 0.2) is 0 Å². The van der Waals surface area contributed by atoms with E-state index in [2.05, 4.69) is 23.2 Å². The fourth-order valence-electron chi connectivity index (χ4n) is 1.98. The van der Waals surface area contributed by atoms with Gasteiger partial charge in [0.25, 0.3) is 0 Å². The molecular formula is C11H13N3. The van der Waals surface area contributed by atoms with Gasteiger partial charge in [0.1, 0.15) is 0 Å². The van der Waals surface area contributed by atoms with E-state index in [9.17, 15) is 0 Å². The fourth-order valence-corrected chi connectivity index (χ4v) is 1.98. The van der Waals surface area contributed by atoms with Crippen molar-refractivity contribution < 1.29 is 0 Å². The Morgan fingerprint density at radius 2 is 2.29 bits per heavy atom. The first-order valence-electron chi connectivity index (χ1n) is 4.92. The normalized spacial score (nSPS) is 25.6. The maximum absolute atomic E-state index is 5.82. The highest BCUT2D eigenvalue weighted by Gasteiger charge is 2.34. The monoisotopic (exact) mass is 187 g/mol. The van der Waals surface area contributed by atoms with Crippen molar-refractivity contribution in [3.63, 3.8) is 0 Å². The quantitative estimate of drug-likeness (QED) is 0.733. The average Bonchev–Trinajstić information content (AvgIpc) is 2.80. The van der Waals surface area contributed by atoms with Crippen molar-refractivity contribution in [3.8, 4) is 0 Å². The number of hydrogen-bond donors (Lipinski definition) is 1. The van der Waals surface area contributed by atoms with E-state index >= 15 is 0 Å². The van der Waals surface area contributed by atoms with Gasteiger partial charge in [-0.25, -0.2) is 4.98 Å². The second kappa shape index (κ2) is 2.58. The number of nitrogens with zero attached hydrogens (tertiary/aromatic N) is 2. The Bertz CT molecular complexity index is 486. The predicted octanol–water partition coefficient (Wildman–Crippen LogP) is 1.39. The number of benzene rings is 1. The van der Waals surface area contributed by atoms with E-state index in [1.807, 2.05) is 17.9 Å². The van der Waals surface area contributed by atoms with E-state index in [0.29, 0.717) is 12.0 Å². The van der Waals surface area contributed by atoms with Crippen LogP contribution in [0.15, 0.2) is 24.5 Å². The summed E-state index contributed by atoms with van der Waals surface area (Å²) in [4.78, 5) is 4.34. The van der Waals surface area contributed by atoms with Crippen molar-refractivity contribution >= 4 is 11.0 Å². The van der Waals surface area contributed by atoms with Crippen LogP contribution in [0.3, 0.4) is 0 Å². The van der Waals surface area contributed by atoms with Gasteiger partial charge in [0.2, 0.25) is 0 Å². The van der Waals surface area contributed by atoms with Crippen LogP contribution in [0.1, 0.15) is 17.9 Å². The zero-order chi connectivity index (χ0) is 9.71. The van der Waals surface area contributed by atoms with Gasteiger partial charge in [0, 0.05) is 19.0 Å². The Morgan fingerprint density at radius 1 is 1.50 bits per heavy atom. The van der Waals surface area contributed by atoms with Crippen LogP contribution >= 0.6 is 0 Å². The molecule has 1 fully saturated rings. The van der Waals surface area contributed by atoms with E-state index in [4.69, 9.17) is 5.73 Å². The van der Waals surface area contributed by atoms with Gasteiger partial charge in [-0.15, -0.1) is 0 Å². The molecule has 2 N–H and O–H groups in total. The lowest BCUT2D eigenvalue weighted by Crippen LogP contribution is -2.00. The molecule has 1 saturated carbocycles. The highest BCUT2D eigenvalue weighted by atomic mass is 15.0. The molecule has 0 saturated heterocycles. The van der Waals surface area contributed by atoms with Gasteiger partial charge in [-0.3, -0.25) is 0 Å². The van der Waals surface area contributed by atoms with E-state index in [0.717, 1.165) is 11.9 Å². The first-order chi connectivity index (χ1) is 6.75. The van der Waals surface area contributed by atoms with Crippen LogP contribution < -0.4 is 5.73 Å². The molecule has 0 amide bonds. The molecule has 1 aliphatic rings. The third-order valence-electron chi connectivity index (χ3n) is 3.02. The largest absolute Gasteiger partial charge is 0.334 e. The summed E-state index contributed by atoms with van der Waals surface area (Å²) in [6, 6.07) is 6.83. The van der Waals surface area contributed by atoms with Crippen LogP contribution in [0, 0.1) is 0 Å². The third-order valence-corrected chi connectivity index (χ3v) is 3.02. The van der Waals surface area contributed by atoms with Crippen molar-refractivity contribution in [2.24, 2.45) is 12.8 Å². The number of fused-ring (bicyclic) bond motifs is 1. The van der Waals surface area contributed by atoms with Crippen molar-refractivity contribution in [3.05, 3.63) is 30.1 Å². The number of aryl methyl sites for hydroxylation is 1. The van der Waals surface area contributed by atoms with Crippen LogP contribution in [0.5, 0.6) is 0 Å². The maximum Gasteiger partial charge on any atom is 0.0955 e. The van der Waals surface area contributed by atoms with E-state index in [-0.39, 0.29) is 0 Å². The molecular weight excluding hydrogens is 174 g/mol. The Morgan fingerprint density at radius 3 is 3.00 bits per heavy atom. The van der Waals surface area contributed by atoms with E-state index in [1.165, 1.54) is 11.1 Å². The van der Waals surface area contributed by atoms with Crippen molar-refractivity contribution in [1.29, 1.82) is 0 Å². The van der Waals surface area contributed by atoms with Crippen molar-refractivity contribution in [2.75, 3.05) is 0 Å². The van der Waals surface area contributed by atoms with Gasteiger partial charge in [0.05, 0.1) is 17.4 Å². The number of imidazole rings is 1. The average molecular weight is 187 g/mol. The molecule has 1 heterocycles. The van der Waals surface area contributed by atoms with E-state index < -0.39 is 0 Å². The summed E-state index contributed by atoms with van der Waals surface area (Å²) in [5, 5.41) is 0. The Balaban J connectivity index is 2.12. The smallest absolute Gasteiger partial charge is 0.0955 e. The summed E-state index contributed by atoms with van der Waals surface area (Å²) in [5.74, 6) is 0.571. The molecule has 3 nitrogen and oxygen atoms in total. The Labute approximate surface area is 82.5 Å². The molecule has 3 heteroatoms. The van der Waals surface area contributed by atoms with Gasteiger partial charge in [-0.1, -0.05) is 6.07 Å². The molecule has 1 aliphatic carbocycles. The van der Waals surface area contributed by atoms with Crippen LogP contribution in [0.25, 0.3) is 11.0 Å². The topological polar surface area (TPSA) is 43.8 Å². The molecule has 0 aliphatic heterocycles. The lowest BCUT2D eigenvalue weighted by molar-refractivity contribution is 0.947. The first kappa shape index (κ1) is 8.00. The lowest BCUT2D eigenvalue weighted by Gasteiger charge is -1.99.